The second-order valence-corrected chi connectivity index (χ2v) is 6.20. The fourth-order valence-corrected chi connectivity index (χ4v) is 2.30. The van der Waals surface area contributed by atoms with Crippen LogP contribution in [0.5, 0.6) is 5.75 Å². The summed E-state index contributed by atoms with van der Waals surface area (Å²) in [4.78, 5) is 27.5. The fraction of sp³-hybridized carbons (Fsp3) is 0.278. The van der Waals surface area contributed by atoms with Gasteiger partial charge in [-0.25, -0.2) is 0 Å². The van der Waals surface area contributed by atoms with E-state index < -0.39 is 0 Å². The van der Waals surface area contributed by atoms with Crippen molar-refractivity contribution in [3.05, 3.63) is 59.4 Å². The Morgan fingerprint density at radius 2 is 2.00 bits per heavy atom. The van der Waals surface area contributed by atoms with Crippen molar-refractivity contribution in [1.82, 2.24) is 10.3 Å². The average Bonchev–Trinajstić information content (AvgIpc) is 2.53. The van der Waals surface area contributed by atoms with E-state index in [4.69, 9.17) is 0 Å². The first-order valence-electron chi connectivity index (χ1n) is 7.38. The van der Waals surface area contributed by atoms with Crippen LogP contribution < -0.4 is 5.32 Å². The van der Waals surface area contributed by atoms with E-state index in [1.54, 1.807) is 36.5 Å². The van der Waals surface area contributed by atoms with Gasteiger partial charge in [0.05, 0.1) is 11.3 Å². The number of hydrogen-bond donors (Lipinski definition) is 2. The molecule has 5 heteroatoms. The highest BCUT2D eigenvalue weighted by atomic mass is 16.3. The van der Waals surface area contributed by atoms with Crippen LogP contribution in [0.15, 0.2) is 42.6 Å². The summed E-state index contributed by atoms with van der Waals surface area (Å²) in [6, 6.07) is 9.86. The standard InChI is InChI=1S/C18H20N2O3/c1-18(2,10-15-13(11-21)6-5-9-19-15)12-20-17(23)14-7-3-4-8-16(14)22/h3-9,11,22H,10,12H2,1-2H3,(H,20,23). The summed E-state index contributed by atoms with van der Waals surface area (Å²) in [5.74, 6) is -0.372. The van der Waals surface area contributed by atoms with E-state index in [2.05, 4.69) is 10.3 Å². The molecular weight excluding hydrogens is 292 g/mol. The first-order valence-corrected chi connectivity index (χ1v) is 7.38. The minimum atomic E-state index is -0.326. The normalized spacial score (nSPS) is 11.0. The molecule has 2 N–H and O–H groups in total. The average molecular weight is 312 g/mol. The highest BCUT2D eigenvalue weighted by Crippen LogP contribution is 2.22. The van der Waals surface area contributed by atoms with Crippen molar-refractivity contribution < 1.29 is 14.7 Å². The topological polar surface area (TPSA) is 79.3 Å². The molecule has 2 rings (SSSR count). The molecule has 0 aliphatic carbocycles. The number of carbonyl (C=O) groups excluding carboxylic acids is 2. The Balaban J connectivity index is 2.03. The second kappa shape index (κ2) is 7.05. The van der Waals surface area contributed by atoms with Gasteiger partial charge in [-0.05, 0) is 36.1 Å². The lowest BCUT2D eigenvalue weighted by Crippen LogP contribution is -2.35. The molecule has 23 heavy (non-hydrogen) atoms. The summed E-state index contributed by atoms with van der Waals surface area (Å²) < 4.78 is 0. The number of nitrogens with one attached hydrogen (secondary N) is 1. The van der Waals surface area contributed by atoms with Crippen molar-refractivity contribution >= 4 is 12.2 Å². The molecule has 0 atom stereocenters. The van der Waals surface area contributed by atoms with Crippen molar-refractivity contribution in [3.8, 4) is 5.75 Å². The smallest absolute Gasteiger partial charge is 0.255 e. The molecule has 1 aromatic carbocycles. The van der Waals surface area contributed by atoms with Gasteiger partial charge in [-0.15, -0.1) is 0 Å². The zero-order valence-corrected chi connectivity index (χ0v) is 13.2. The van der Waals surface area contributed by atoms with E-state index in [1.165, 1.54) is 6.07 Å². The van der Waals surface area contributed by atoms with Gasteiger partial charge in [0.1, 0.15) is 5.75 Å². The summed E-state index contributed by atoms with van der Waals surface area (Å²) in [7, 11) is 0. The lowest BCUT2D eigenvalue weighted by atomic mass is 9.86. The largest absolute Gasteiger partial charge is 0.507 e. The molecule has 0 aliphatic heterocycles. The predicted octanol–water partition coefficient (Wildman–Crippen LogP) is 2.60. The highest BCUT2D eigenvalue weighted by molar-refractivity contribution is 5.96. The van der Waals surface area contributed by atoms with Crippen molar-refractivity contribution in [3.63, 3.8) is 0 Å². The van der Waals surface area contributed by atoms with Gasteiger partial charge in [0.2, 0.25) is 0 Å². The minimum absolute atomic E-state index is 0.0456. The number of rotatable bonds is 6. The lowest BCUT2D eigenvalue weighted by Gasteiger charge is -2.25. The van der Waals surface area contributed by atoms with Crippen LogP contribution in [0, 0.1) is 5.41 Å². The van der Waals surface area contributed by atoms with Crippen molar-refractivity contribution in [2.24, 2.45) is 5.41 Å². The minimum Gasteiger partial charge on any atom is -0.507 e. The number of hydrogen-bond acceptors (Lipinski definition) is 4. The number of phenols is 1. The third-order valence-corrected chi connectivity index (χ3v) is 3.57. The summed E-state index contributed by atoms with van der Waals surface area (Å²) in [5.41, 5.74) is 1.23. The third-order valence-electron chi connectivity index (χ3n) is 3.57. The van der Waals surface area contributed by atoms with Crippen LogP contribution in [0.2, 0.25) is 0 Å². The monoisotopic (exact) mass is 312 g/mol. The maximum Gasteiger partial charge on any atom is 0.255 e. The quantitative estimate of drug-likeness (QED) is 0.804. The van der Waals surface area contributed by atoms with Crippen LogP contribution in [-0.2, 0) is 6.42 Å². The van der Waals surface area contributed by atoms with Gasteiger partial charge in [-0.1, -0.05) is 26.0 Å². The molecule has 0 saturated carbocycles. The molecule has 120 valence electrons. The molecule has 1 heterocycles. The molecule has 1 amide bonds. The number of phenolic OH excluding ortho intramolecular Hbond substituents is 1. The highest BCUT2D eigenvalue weighted by Gasteiger charge is 2.22. The molecule has 0 aliphatic rings. The number of aromatic hydroxyl groups is 1. The zero-order chi connectivity index (χ0) is 16.9. The van der Waals surface area contributed by atoms with Crippen LogP contribution in [0.25, 0.3) is 0 Å². The Bertz CT molecular complexity index is 711. The zero-order valence-electron chi connectivity index (χ0n) is 13.2. The third kappa shape index (κ3) is 4.39. The Hall–Kier alpha value is -2.69. The number of amides is 1. The number of nitrogens with zero attached hydrogens (tertiary/aromatic N) is 1. The first kappa shape index (κ1) is 16.7. The number of carbonyl (C=O) groups is 2. The van der Waals surface area contributed by atoms with Crippen molar-refractivity contribution in [1.29, 1.82) is 0 Å². The Morgan fingerprint density at radius 1 is 1.26 bits per heavy atom. The van der Waals surface area contributed by atoms with Crippen LogP contribution in [-0.4, -0.2) is 28.8 Å². The van der Waals surface area contributed by atoms with E-state index in [0.717, 1.165) is 6.29 Å². The summed E-state index contributed by atoms with van der Waals surface area (Å²) in [6.07, 6.45) is 3.00. The molecule has 5 nitrogen and oxygen atoms in total. The van der Waals surface area contributed by atoms with E-state index >= 15 is 0 Å². The molecular formula is C18H20N2O3. The molecule has 2 aromatic rings. The molecule has 0 saturated heterocycles. The van der Waals surface area contributed by atoms with Gasteiger partial charge in [0.25, 0.3) is 5.91 Å². The number of aldehydes is 1. The maximum atomic E-state index is 12.1. The SMILES string of the molecule is CC(C)(CNC(=O)c1ccccc1O)Cc1ncccc1C=O. The summed E-state index contributed by atoms with van der Waals surface area (Å²) >= 11 is 0. The number of benzene rings is 1. The fourth-order valence-electron chi connectivity index (χ4n) is 2.30. The first-order chi connectivity index (χ1) is 10.9. The predicted molar refractivity (Wildman–Crippen MR) is 87.5 cm³/mol. The van der Waals surface area contributed by atoms with Gasteiger partial charge in [-0.3, -0.25) is 14.6 Å². The van der Waals surface area contributed by atoms with Gasteiger partial charge in [0.15, 0.2) is 6.29 Å². The maximum absolute atomic E-state index is 12.1. The molecule has 0 unspecified atom stereocenters. The molecule has 0 fully saturated rings. The summed E-state index contributed by atoms with van der Waals surface area (Å²) in [5, 5.41) is 12.5. The van der Waals surface area contributed by atoms with Crippen LogP contribution in [0.3, 0.4) is 0 Å². The molecule has 0 bridgehead atoms. The van der Waals surface area contributed by atoms with E-state index in [0.29, 0.717) is 24.2 Å². The number of aromatic nitrogens is 1. The van der Waals surface area contributed by atoms with E-state index in [9.17, 15) is 14.7 Å². The Morgan fingerprint density at radius 3 is 2.70 bits per heavy atom. The van der Waals surface area contributed by atoms with Gasteiger partial charge >= 0.3 is 0 Å². The molecule has 0 radical (unpaired) electrons. The van der Waals surface area contributed by atoms with Gasteiger partial charge in [0, 0.05) is 18.3 Å². The van der Waals surface area contributed by atoms with E-state index in [-0.39, 0.29) is 22.6 Å². The number of para-hydroxylation sites is 1. The van der Waals surface area contributed by atoms with Crippen LogP contribution in [0.4, 0.5) is 0 Å². The van der Waals surface area contributed by atoms with E-state index in [1.807, 2.05) is 13.8 Å². The Kier molecular flexibility index (Phi) is 5.11. The van der Waals surface area contributed by atoms with Gasteiger partial charge < -0.3 is 10.4 Å². The second-order valence-electron chi connectivity index (χ2n) is 6.20. The molecule has 0 spiro atoms. The molecule has 1 aromatic heterocycles. The van der Waals surface area contributed by atoms with Crippen LogP contribution in [0.1, 0.15) is 40.3 Å². The van der Waals surface area contributed by atoms with Crippen LogP contribution >= 0.6 is 0 Å². The van der Waals surface area contributed by atoms with Gasteiger partial charge in [-0.2, -0.15) is 0 Å². The van der Waals surface area contributed by atoms with Crippen molar-refractivity contribution in [2.45, 2.75) is 20.3 Å². The summed E-state index contributed by atoms with van der Waals surface area (Å²) in [6.45, 7) is 4.37. The Labute approximate surface area is 135 Å². The lowest BCUT2D eigenvalue weighted by molar-refractivity contribution is 0.0932. The van der Waals surface area contributed by atoms with Crippen molar-refractivity contribution in [2.75, 3.05) is 6.54 Å². The number of pyridine rings is 1.